The molecule has 0 saturated carbocycles. The summed E-state index contributed by atoms with van der Waals surface area (Å²) >= 11 is 0. The second-order valence-electron chi connectivity index (χ2n) is 8.31. The second-order valence-corrected chi connectivity index (χ2v) is 8.31. The van der Waals surface area contributed by atoms with Gasteiger partial charge in [0.25, 0.3) is 6.29 Å². The van der Waals surface area contributed by atoms with Gasteiger partial charge in [-0.05, 0) is 0 Å². The van der Waals surface area contributed by atoms with E-state index in [0.29, 0.717) is 0 Å². The van der Waals surface area contributed by atoms with Crippen molar-refractivity contribution in [1.82, 2.24) is 0 Å². The van der Waals surface area contributed by atoms with Crippen molar-refractivity contribution >= 4 is 59.7 Å². The van der Waals surface area contributed by atoms with E-state index in [1.165, 1.54) is 0 Å². The van der Waals surface area contributed by atoms with Crippen LogP contribution in [-0.4, -0.2) is 129 Å². The van der Waals surface area contributed by atoms with E-state index < -0.39 is 121 Å². The molecule has 0 aromatic heterocycles. The Labute approximate surface area is 230 Å². The second kappa shape index (κ2) is 14.3. The zero-order chi connectivity index (χ0) is 33.2. The molecule has 9 N–H and O–H groups in total. The SMILES string of the molecule is O=C(O)CC(CC(=O)O)(OC(=O)C(OC(CC(=O)O)(CC(=O)O)C(=O)O)OC(CC(=O)O)(CC(=O)O)C(=O)O)C(=O)O. The minimum absolute atomic E-state index is 1.85. The van der Waals surface area contributed by atoms with E-state index in [2.05, 4.69) is 4.74 Å². The van der Waals surface area contributed by atoms with Crippen molar-refractivity contribution in [3.8, 4) is 0 Å². The molecule has 0 rings (SSSR count). The van der Waals surface area contributed by atoms with Crippen molar-refractivity contribution in [2.45, 2.75) is 61.6 Å². The van der Waals surface area contributed by atoms with Gasteiger partial charge in [-0.25, -0.2) is 19.2 Å². The van der Waals surface area contributed by atoms with Gasteiger partial charge in [0, 0.05) is 0 Å². The van der Waals surface area contributed by atoms with Crippen molar-refractivity contribution < 1.29 is 108 Å². The molecule has 0 fully saturated rings. The molecule has 0 heterocycles. The number of aliphatic carboxylic acids is 9. The highest BCUT2D eigenvalue weighted by atomic mass is 16.7. The summed E-state index contributed by atoms with van der Waals surface area (Å²) in [4.78, 5) is 117. The highest BCUT2D eigenvalue weighted by molar-refractivity contribution is 5.93. The molecular weight excluding hydrogens is 592 g/mol. The third kappa shape index (κ3) is 10.3. The number of rotatable bonds is 21. The highest BCUT2D eigenvalue weighted by Crippen LogP contribution is 2.32. The number of carboxylic acids is 9. The van der Waals surface area contributed by atoms with E-state index in [-0.39, 0.29) is 0 Å². The molecule has 234 valence electrons. The average Bonchev–Trinajstić information content (AvgIpc) is 2.75. The molecule has 22 heteroatoms. The Morgan fingerprint density at radius 1 is 0.405 bits per heavy atom. The number of hydrogen-bond acceptors (Lipinski definition) is 13. The quantitative estimate of drug-likeness (QED) is 0.0465. The lowest BCUT2D eigenvalue weighted by Gasteiger charge is -2.36. The summed E-state index contributed by atoms with van der Waals surface area (Å²) in [6.45, 7) is 0. The molecule has 0 aliphatic rings. The lowest BCUT2D eigenvalue weighted by atomic mass is 9.94. The molecule has 0 unspecified atom stereocenters. The zero-order valence-electron chi connectivity index (χ0n) is 20.7. The molecule has 0 saturated heterocycles. The van der Waals surface area contributed by atoms with Crippen molar-refractivity contribution in [2.75, 3.05) is 0 Å². The molecule has 0 bridgehead atoms. The van der Waals surface area contributed by atoms with Gasteiger partial charge >= 0.3 is 59.7 Å². The van der Waals surface area contributed by atoms with E-state index in [0.717, 1.165) is 0 Å². The van der Waals surface area contributed by atoms with E-state index in [1.807, 2.05) is 0 Å². The smallest absolute Gasteiger partial charge is 0.364 e. The fourth-order valence-electron chi connectivity index (χ4n) is 3.26. The molecule has 0 aromatic carbocycles. The minimum atomic E-state index is -3.65. The minimum Gasteiger partial charge on any atom is -0.481 e. The summed E-state index contributed by atoms with van der Waals surface area (Å²) in [5.41, 5.74) is -10.9. The number of carbonyl (C=O) groups excluding carboxylic acids is 1. The van der Waals surface area contributed by atoms with Crippen LogP contribution in [0.5, 0.6) is 0 Å². The Balaban J connectivity index is 7.45. The lowest BCUT2D eigenvalue weighted by molar-refractivity contribution is -0.270. The van der Waals surface area contributed by atoms with Gasteiger partial charge in [-0.1, -0.05) is 0 Å². The van der Waals surface area contributed by atoms with Crippen molar-refractivity contribution in [3.05, 3.63) is 0 Å². The Morgan fingerprint density at radius 2 is 0.619 bits per heavy atom. The first-order chi connectivity index (χ1) is 19.0. The van der Waals surface area contributed by atoms with E-state index in [4.69, 9.17) is 40.1 Å². The Morgan fingerprint density at radius 3 is 0.810 bits per heavy atom. The lowest BCUT2D eigenvalue weighted by Crippen LogP contribution is -2.57. The zero-order valence-corrected chi connectivity index (χ0v) is 20.7. The fraction of sp³-hybridized carbons (Fsp3) is 0.500. The normalized spacial score (nSPS) is 11.7. The van der Waals surface area contributed by atoms with Gasteiger partial charge in [-0.15, -0.1) is 0 Å². The molecule has 42 heavy (non-hydrogen) atoms. The summed E-state index contributed by atoms with van der Waals surface area (Å²) in [5, 5.41) is 83.3. The van der Waals surface area contributed by atoms with Crippen molar-refractivity contribution in [3.63, 3.8) is 0 Å². The van der Waals surface area contributed by atoms with Crippen LogP contribution in [0.4, 0.5) is 0 Å². The number of carbonyl (C=O) groups is 10. The average molecular weight is 614 g/mol. The van der Waals surface area contributed by atoms with Crippen LogP contribution in [0.15, 0.2) is 0 Å². The van der Waals surface area contributed by atoms with Crippen LogP contribution in [0.2, 0.25) is 0 Å². The maximum atomic E-state index is 13.1. The van der Waals surface area contributed by atoms with Crippen LogP contribution in [0.25, 0.3) is 0 Å². The predicted octanol–water partition coefficient (Wildman–Crippen LogP) is -2.79. The molecule has 0 aromatic rings. The number of esters is 1. The van der Waals surface area contributed by atoms with Crippen LogP contribution < -0.4 is 0 Å². The summed E-state index contributed by atoms with van der Waals surface area (Å²) in [7, 11) is 0. The van der Waals surface area contributed by atoms with E-state index >= 15 is 0 Å². The summed E-state index contributed by atoms with van der Waals surface area (Å²) in [5.74, 6) is -22.9. The summed E-state index contributed by atoms with van der Waals surface area (Å²) in [6.07, 6.45) is -14.8. The maximum absolute atomic E-state index is 13.1. The molecule has 0 aliphatic heterocycles. The van der Waals surface area contributed by atoms with Gasteiger partial charge < -0.3 is 60.2 Å². The number of carboxylic acid groups (broad SMARTS) is 9. The highest BCUT2D eigenvalue weighted by Gasteiger charge is 2.55. The van der Waals surface area contributed by atoms with Gasteiger partial charge in [0.1, 0.15) is 0 Å². The van der Waals surface area contributed by atoms with Crippen molar-refractivity contribution in [1.29, 1.82) is 0 Å². The summed E-state index contributed by atoms with van der Waals surface area (Å²) < 4.78 is 13.8. The molecule has 22 nitrogen and oxygen atoms in total. The van der Waals surface area contributed by atoms with Gasteiger partial charge in [0.2, 0.25) is 5.60 Å². The Hall–Kier alpha value is -5.38. The first-order valence-electron chi connectivity index (χ1n) is 10.6. The Kier molecular flexibility index (Phi) is 12.5. The molecule has 0 amide bonds. The van der Waals surface area contributed by atoms with E-state index in [1.54, 1.807) is 0 Å². The molecular formula is C20H22O22. The third-order valence-electron chi connectivity index (χ3n) is 4.94. The van der Waals surface area contributed by atoms with Gasteiger partial charge in [0.05, 0.1) is 38.5 Å². The third-order valence-corrected chi connectivity index (χ3v) is 4.94. The largest absolute Gasteiger partial charge is 0.481 e. The van der Waals surface area contributed by atoms with Crippen LogP contribution in [0.3, 0.4) is 0 Å². The molecule has 0 aliphatic carbocycles. The fourth-order valence-corrected chi connectivity index (χ4v) is 3.26. The van der Waals surface area contributed by atoms with Crippen LogP contribution in [0.1, 0.15) is 38.5 Å². The first kappa shape index (κ1) is 36.6. The van der Waals surface area contributed by atoms with Gasteiger partial charge in [-0.3, -0.25) is 28.8 Å². The first-order valence-corrected chi connectivity index (χ1v) is 10.6. The Bertz CT molecular complexity index is 1060. The van der Waals surface area contributed by atoms with Gasteiger partial charge in [0.15, 0.2) is 11.2 Å². The van der Waals surface area contributed by atoms with Crippen LogP contribution in [0, 0.1) is 0 Å². The molecule has 0 atom stereocenters. The molecule has 0 spiro atoms. The standard InChI is InChI=1S/C20H22O22/c21-7(22)1-18(15(34)35,2-8(23)24)40-13(33)14(41-19(16(36)37,3-9(25)26)4-10(27)28)42-20(17(38)39,5-11(29)30)6-12(31)32/h14H,1-6H2,(H,21,22)(H,23,24)(H,25,26)(H,27,28)(H,29,30)(H,31,32)(H,34,35)(H,36,37)(H,38,39). The molecule has 0 radical (unpaired) electrons. The number of ether oxygens (including phenoxy) is 3. The summed E-state index contributed by atoms with van der Waals surface area (Å²) in [6, 6.07) is 0. The van der Waals surface area contributed by atoms with E-state index in [9.17, 15) is 63.3 Å². The van der Waals surface area contributed by atoms with Crippen molar-refractivity contribution in [2.24, 2.45) is 0 Å². The van der Waals surface area contributed by atoms with Crippen LogP contribution >= 0.6 is 0 Å². The number of hydrogen-bond donors (Lipinski definition) is 9. The van der Waals surface area contributed by atoms with Crippen LogP contribution in [-0.2, 0) is 62.2 Å². The monoisotopic (exact) mass is 614 g/mol. The van der Waals surface area contributed by atoms with Gasteiger partial charge in [-0.2, -0.15) is 0 Å². The maximum Gasteiger partial charge on any atom is 0.364 e. The predicted molar refractivity (Wildman–Crippen MR) is 117 cm³/mol. The topological polar surface area (TPSA) is 380 Å².